The van der Waals surface area contributed by atoms with E-state index in [4.69, 9.17) is 4.74 Å². The molecule has 2 amide bonds. The topological polar surface area (TPSA) is 78.0 Å². The number of rotatable bonds is 6. The van der Waals surface area contributed by atoms with E-state index in [0.29, 0.717) is 56.8 Å². The molecule has 210 valence electrons. The first-order valence-corrected chi connectivity index (χ1v) is 13.4. The first-order valence-electron chi connectivity index (χ1n) is 13.4. The number of halogens is 3. The van der Waals surface area contributed by atoms with Gasteiger partial charge in [-0.05, 0) is 62.8 Å². The smallest absolute Gasteiger partial charge is 0.416 e. The van der Waals surface area contributed by atoms with Crippen molar-refractivity contribution in [2.24, 2.45) is 0 Å². The van der Waals surface area contributed by atoms with Gasteiger partial charge in [-0.15, -0.1) is 0 Å². The van der Waals surface area contributed by atoms with Gasteiger partial charge in [-0.3, -0.25) is 19.6 Å². The Kier molecular flexibility index (Phi) is 7.82. The fraction of sp³-hybridized carbons (Fsp3) is 0.536. The highest BCUT2D eigenvalue weighted by atomic mass is 19.4. The van der Waals surface area contributed by atoms with E-state index >= 15 is 0 Å². The van der Waals surface area contributed by atoms with Gasteiger partial charge in [0.25, 0.3) is 5.91 Å². The number of hydrogen-bond donors (Lipinski definition) is 1. The number of amides is 2. The summed E-state index contributed by atoms with van der Waals surface area (Å²) < 4.78 is 44.3. The average molecular weight is 546 g/mol. The van der Waals surface area contributed by atoms with E-state index in [9.17, 15) is 22.8 Å². The summed E-state index contributed by atoms with van der Waals surface area (Å²) in [5.41, 5.74) is 0.778. The maximum absolute atomic E-state index is 12.8. The molecule has 0 aliphatic carbocycles. The van der Waals surface area contributed by atoms with Crippen molar-refractivity contribution in [1.82, 2.24) is 25.0 Å². The van der Waals surface area contributed by atoms with Crippen molar-refractivity contribution >= 4 is 12.0 Å². The van der Waals surface area contributed by atoms with Crippen molar-refractivity contribution in [3.05, 3.63) is 65.0 Å². The van der Waals surface area contributed by atoms with Gasteiger partial charge in [0.1, 0.15) is 5.60 Å². The highest BCUT2D eigenvalue weighted by Gasteiger charge is 2.47. The number of aromatic nitrogens is 1. The lowest BCUT2D eigenvalue weighted by molar-refractivity contribution is -0.137. The zero-order valence-electron chi connectivity index (χ0n) is 22.0. The van der Waals surface area contributed by atoms with Crippen molar-refractivity contribution in [1.29, 1.82) is 0 Å². The molecule has 1 aromatic carbocycles. The number of benzene rings is 1. The van der Waals surface area contributed by atoms with Crippen LogP contribution >= 0.6 is 0 Å². The van der Waals surface area contributed by atoms with Gasteiger partial charge in [0.15, 0.2) is 0 Å². The molecule has 4 heterocycles. The van der Waals surface area contributed by atoms with E-state index in [1.807, 2.05) is 0 Å². The summed E-state index contributed by atoms with van der Waals surface area (Å²) in [6, 6.07) is 8.94. The number of carbonyl (C=O) groups is 2. The van der Waals surface area contributed by atoms with E-state index in [2.05, 4.69) is 27.1 Å². The first-order chi connectivity index (χ1) is 18.6. The third-order valence-corrected chi connectivity index (χ3v) is 7.99. The molecule has 39 heavy (non-hydrogen) atoms. The van der Waals surface area contributed by atoms with Crippen LogP contribution in [-0.4, -0.2) is 83.1 Å². The normalized spacial score (nSPS) is 20.8. The summed E-state index contributed by atoms with van der Waals surface area (Å²) in [5, 5.41) is 3.08. The molecule has 11 heteroatoms. The summed E-state index contributed by atoms with van der Waals surface area (Å²) in [7, 11) is 2.08. The molecule has 1 aromatic heterocycles. The predicted molar refractivity (Wildman–Crippen MR) is 138 cm³/mol. The average Bonchev–Trinajstić information content (AvgIpc) is 3.21. The molecule has 0 saturated carbocycles. The summed E-state index contributed by atoms with van der Waals surface area (Å²) in [5.74, 6) is -0.133. The van der Waals surface area contributed by atoms with Gasteiger partial charge in [0.05, 0.1) is 29.9 Å². The second-order valence-electron chi connectivity index (χ2n) is 11.0. The van der Waals surface area contributed by atoms with Crippen LogP contribution in [0.15, 0.2) is 42.6 Å². The number of ether oxygens (including phenoxy) is 1. The molecule has 5 rings (SSSR count). The number of nitrogens with one attached hydrogen (secondary N) is 1. The molecule has 3 aliphatic heterocycles. The maximum atomic E-state index is 12.8. The Morgan fingerprint density at radius 1 is 1.05 bits per heavy atom. The number of carbonyl (C=O) groups excluding carboxylic acids is 2. The number of alkyl halides is 3. The summed E-state index contributed by atoms with van der Waals surface area (Å²) in [4.78, 5) is 35.7. The third-order valence-electron chi connectivity index (χ3n) is 7.99. The van der Waals surface area contributed by atoms with E-state index in [1.165, 1.54) is 12.1 Å². The fourth-order valence-electron chi connectivity index (χ4n) is 5.52. The highest BCUT2D eigenvalue weighted by molar-refractivity contribution is 5.94. The molecular formula is C28H34F3N5O3. The lowest BCUT2D eigenvalue weighted by atomic mass is 9.91. The molecule has 3 aliphatic rings. The molecule has 0 unspecified atom stereocenters. The Bertz CT molecular complexity index is 1160. The second kappa shape index (κ2) is 11.1. The SMILES string of the molecule is CN1CCC(NC(=O)c2ccc(CN3CC4(CCN(Cc5ccc(C(F)(F)F)cc5)CC4)OC3=O)nc2)CC1. The molecule has 3 fully saturated rings. The highest BCUT2D eigenvalue weighted by Crippen LogP contribution is 2.35. The lowest BCUT2D eigenvalue weighted by Gasteiger charge is -2.37. The number of likely N-dealkylation sites (tertiary alicyclic amines) is 2. The van der Waals surface area contributed by atoms with Gasteiger partial charge in [0, 0.05) is 44.7 Å². The van der Waals surface area contributed by atoms with Crippen LogP contribution in [0.25, 0.3) is 0 Å². The van der Waals surface area contributed by atoms with Crippen molar-refractivity contribution in [3.8, 4) is 0 Å². The zero-order chi connectivity index (χ0) is 27.6. The fourth-order valence-corrected chi connectivity index (χ4v) is 5.52. The van der Waals surface area contributed by atoms with Crippen molar-refractivity contribution in [2.45, 2.75) is 56.6 Å². The lowest BCUT2D eigenvalue weighted by Crippen LogP contribution is -2.46. The Balaban J connectivity index is 1.10. The monoisotopic (exact) mass is 545 g/mol. The van der Waals surface area contributed by atoms with Crippen LogP contribution in [0.1, 0.15) is 52.9 Å². The third kappa shape index (κ3) is 6.70. The summed E-state index contributed by atoms with van der Waals surface area (Å²) >= 11 is 0. The second-order valence-corrected chi connectivity index (χ2v) is 11.0. The van der Waals surface area contributed by atoms with Crippen LogP contribution in [0.4, 0.5) is 18.0 Å². The van der Waals surface area contributed by atoms with Crippen LogP contribution in [0.5, 0.6) is 0 Å². The number of hydrogen-bond acceptors (Lipinski definition) is 6. The van der Waals surface area contributed by atoms with Crippen LogP contribution in [0, 0.1) is 0 Å². The van der Waals surface area contributed by atoms with E-state index in [-0.39, 0.29) is 18.0 Å². The Morgan fingerprint density at radius 2 is 1.74 bits per heavy atom. The molecule has 1 N–H and O–H groups in total. The van der Waals surface area contributed by atoms with Crippen LogP contribution < -0.4 is 5.32 Å². The molecule has 8 nitrogen and oxygen atoms in total. The maximum Gasteiger partial charge on any atom is 0.416 e. The van der Waals surface area contributed by atoms with E-state index in [1.54, 1.807) is 23.2 Å². The molecule has 0 radical (unpaired) electrons. The van der Waals surface area contributed by atoms with E-state index in [0.717, 1.165) is 43.6 Å². The molecule has 3 saturated heterocycles. The van der Waals surface area contributed by atoms with Gasteiger partial charge in [-0.25, -0.2) is 4.79 Å². The van der Waals surface area contributed by atoms with Crippen LogP contribution in [0.3, 0.4) is 0 Å². The Labute approximate surface area is 226 Å². The molecular weight excluding hydrogens is 511 g/mol. The molecule has 2 aromatic rings. The van der Waals surface area contributed by atoms with Gasteiger partial charge >= 0.3 is 12.3 Å². The van der Waals surface area contributed by atoms with Crippen molar-refractivity contribution in [3.63, 3.8) is 0 Å². The quantitative estimate of drug-likeness (QED) is 0.593. The molecule has 0 bridgehead atoms. The van der Waals surface area contributed by atoms with Crippen LogP contribution in [-0.2, 0) is 24.0 Å². The minimum absolute atomic E-state index is 0.133. The van der Waals surface area contributed by atoms with Crippen molar-refractivity contribution < 1.29 is 27.5 Å². The first kappa shape index (κ1) is 27.4. The van der Waals surface area contributed by atoms with Gasteiger partial charge < -0.3 is 15.0 Å². The van der Waals surface area contributed by atoms with E-state index < -0.39 is 17.3 Å². The largest absolute Gasteiger partial charge is 0.441 e. The van der Waals surface area contributed by atoms with Gasteiger partial charge in [0.2, 0.25) is 0 Å². The molecule has 0 atom stereocenters. The minimum atomic E-state index is -4.34. The predicted octanol–water partition coefficient (Wildman–Crippen LogP) is 3.91. The van der Waals surface area contributed by atoms with Crippen molar-refractivity contribution in [2.75, 3.05) is 39.8 Å². The van der Waals surface area contributed by atoms with Gasteiger partial charge in [-0.1, -0.05) is 12.1 Å². The summed E-state index contributed by atoms with van der Waals surface area (Å²) in [6.07, 6.45) is -0.00196. The minimum Gasteiger partial charge on any atom is -0.441 e. The van der Waals surface area contributed by atoms with Gasteiger partial charge in [-0.2, -0.15) is 13.2 Å². The summed E-state index contributed by atoms with van der Waals surface area (Å²) in [6.45, 7) is 4.60. The standard InChI is InChI=1S/C28H34F3N5O3/c1-34-12-8-23(9-13-34)33-25(37)21-4-7-24(32-16-21)18-36-19-27(39-26(36)38)10-14-35(15-11-27)17-20-2-5-22(6-3-20)28(29,30)31/h2-7,16,23H,8-15,17-19H2,1H3,(H,33,37). The Morgan fingerprint density at radius 3 is 2.36 bits per heavy atom. The number of piperidine rings is 2. The van der Waals surface area contributed by atoms with Crippen LogP contribution in [0.2, 0.25) is 0 Å². The molecule has 1 spiro atoms. The number of pyridine rings is 1. The number of nitrogens with zero attached hydrogens (tertiary/aromatic N) is 4. The Hall–Kier alpha value is -3.18. The zero-order valence-corrected chi connectivity index (χ0v) is 22.0.